The molecule has 4 atom stereocenters. The highest BCUT2D eigenvalue weighted by atomic mass is 79.9. The first kappa shape index (κ1) is 15.3. The third kappa shape index (κ3) is 4.47. The molecular weight excluding hydrogens is 302 g/mol. The number of carbonyl (C=O) groups is 1. The second-order valence-electron chi connectivity index (χ2n) is 6.45. The highest BCUT2D eigenvalue weighted by molar-refractivity contribution is 9.09. The van der Waals surface area contributed by atoms with Gasteiger partial charge in [0.15, 0.2) is 0 Å². The van der Waals surface area contributed by atoms with Crippen LogP contribution in [0.3, 0.4) is 0 Å². The minimum Gasteiger partial charge on any atom is -0.355 e. The molecule has 2 rings (SSSR count). The van der Waals surface area contributed by atoms with Gasteiger partial charge < -0.3 is 5.32 Å². The van der Waals surface area contributed by atoms with E-state index in [0.717, 1.165) is 37.6 Å². The van der Waals surface area contributed by atoms with E-state index in [4.69, 9.17) is 0 Å². The van der Waals surface area contributed by atoms with Gasteiger partial charge >= 0.3 is 0 Å². The summed E-state index contributed by atoms with van der Waals surface area (Å²) in [6.07, 6.45) is 11.4. The van der Waals surface area contributed by atoms with Crippen molar-refractivity contribution in [3.63, 3.8) is 0 Å². The normalized spacial score (nSPS) is 32.4. The van der Waals surface area contributed by atoms with Crippen LogP contribution in [-0.4, -0.2) is 17.3 Å². The minimum atomic E-state index is 0.292. The number of amides is 1. The van der Waals surface area contributed by atoms with Crippen molar-refractivity contribution in [2.45, 2.75) is 69.5 Å². The molecule has 0 spiro atoms. The van der Waals surface area contributed by atoms with Gasteiger partial charge in [0.1, 0.15) is 0 Å². The maximum absolute atomic E-state index is 12.2. The largest absolute Gasteiger partial charge is 0.355 e. The van der Waals surface area contributed by atoms with Gasteiger partial charge in [0.25, 0.3) is 0 Å². The highest BCUT2D eigenvalue weighted by Gasteiger charge is 2.34. The Morgan fingerprint density at radius 2 is 1.95 bits per heavy atom. The van der Waals surface area contributed by atoms with Crippen molar-refractivity contribution in [2.75, 3.05) is 6.54 Å². The molecule has 3 heteroatoms. The van der Waals surface area contributed by atoms with Crippen molar-refractivity contribution in [2.24, 2.45) is 17.8 Å². The summed E-state index contributed by atoms with van der Waals surface area (Å²) in [4.78, 5) is 12.7. The Kier molecular flexibility index (Phi) is 6.18. The lowest BCUT2D eigenvalue weighted by atomic mass is 9.67. The quantitative estimate of drug-likeness (QED) is 0.749. The van der Waals surface area contributed by atoms with Crippen molar-refractivity contribution in [3.05, 3.63) is 0 Å². The summed E-state index contributed by atoms with van der Waals surface area (Å²) >= 11 is 3.63. The molecule has 0 aliphatic heterocycles. The van der Waals surface area contributed by atoms with Crippen LogP contribution in [0.4, 0.5) is 0 Å². The van der Waals surface area contributed by atoms with Crippen molar-refractivity contribution >= 4 is 21.8 Å². The van der Waals surface area contributed by atoms with Gasteiger partial charge in [0.05, 0.1) is 0 Å². The third-order valence-electron chi connectivity index (χ3n) is 5.01. The van der Waals surface area contributed by atoms with Gasteiger partial charge in [-0.2, -0.15) is 0 Å². The van der Waals surface area contributed by atoms with Crippen LogP contribution < -0.4 is 5.32 Å². The number of hydrogen-bond donors (Lipinski definition) is 1. The lowest BCUT2D eigenvalue weighted by Crippen LogP contribution is -2.39. The van der Waals surface area contributed by atoms with Crippen LogP contribution in [0.15, 0.2) is 0 Å². The molecule has 0 aromatic heterocycles. The molecule has 2 fully saturated rings. The first-order chi connectivity index (χ1) is 9.20. The van der Waals surface area contributed by atoms with Crippen molar-refractivity contribution < 1.29 is 4.79 Å². The minimum absolute atomic E-state index is 0.292. The van der Waals surface area contributed by atoms with Gasteiger partial charge in [-0.3, -0.25) is 4.79 Å². The smallest absolute Gasteiger partial charge is 0.223 e. The van der Waals surface area contributed by atoms with E-state index >= 15 is 0 Å². The molecule has 110 valence electrons. The SMILES string of the molecule is CCCC(Br)CNC(=O)C1CCC2CCCCC2C1. The summed E-state index contributed by atoms with van der Waals surface area (Å²) < 4.78 is 0. The summed E-state index contributed by atoms with van der Waals surface area (Å²) in [6.45, 7) is 2.97. The molecule has 0 heterocycles. The highest BCUT2D eigenvalue weighted by Crippen LogP contribution is 2.42. The molecule has 1 amide bonds. The zero-order valence-corrected chi connectivity index (χ0v) is 13.8. The number of rotatable bonds is 5. The maximum Gasteiger partial charge on any atom is 0.223 e. The lowest BCUT2D eigenvalue weighted by molar-refractivity contribution is -0.127. The van der Waals surface area contributed by atoms with Crippen LogP contribution >= 0.6 is 15.9 Å². The Morgan fingerprint density at radius 3 is 2.68 bits per heavy atom. The van der Waals surface area contributed by atoms with Gasteiger partial charge in [0, 0.05) is 17.3 Å². The number of halogens is 1. The Balaban J connectivity index is 1.74. The molecule has 2 saturated carbocycles. The first-order valence-corrected chi connectivity index (χ1v) is 9.04. The van der Waals surface area contributed by atoms with E-state index in [2.05, 4.69) is 28.2 Å². The fraction of sp³-hybridized carbons (Fsp3) is 0.938. The molecule has 4 unspecified atom stereocenters. The predicted octanol–water partition coefficient (Wildman–Crippen LogP) is 4.27. The van der Waals surface area contributed by atoms with Crippen LogP contribution in [0.25, 0.3) is 0 Å². The van der Waals surface area contributed by atoms with Gasteiger partial charge in [-0.05, 0) is 37.5 Å². The number of carbonyl (C=O) groups excluding carboxylic acids is 1. The molecule has 0 aromatic rings. The molecule has 2 aliphatic rings. The topological polar surface area (TPSA) is 29.1 Å². The van der Waals surface area contributed by atoms with Gasteiger partial charge in [-0.15, -0.1) is 0 Å². The summed E-state index contributed by atoms with van der Waals surface area (Å²) in [7, 11) is 0. The van der Waals surface area contributed by atoms with E-state index < -0.39 is 0 Å². The van der Waals surface area contributed by atoms with E-state index in [1.54, 1.807) is 0 Å². The van der Waals surface area contributed by atoms with Crippen LogP contribution in [0.1, 0.15) is 64.7 Å². The van der Waals surface area contributed by atoms with E-state index in [1.807, 2.05) is 0 Å². The fourth-order valence-electron chi connectivity index (χ4n) is 3.88. The first-order valence-electron chi connectivity index (χ1n) is 8.12. The summed E-state index contributed by atoms with van der Waals surface area (Å²) in [5.74, 6) is 2.38. The molecule has 0 saturated heterocycles. The van der Waals surface area contributed by atoms with E-state index in [-0.39, 0.29) is 0 Å². The Labute approximate surface area is 126 Å². The second-order valence-corrected chi connectivity index (χ2v) is 7.74. The summed E-state index contributed by atoms with van der Waals surface area (Å²) in [5, 5.41) is 3.15. The molecule has 0 bridgehead atoms. The second kappa shape index (κ2) is 7.66. The Morgan fingerprint density at radius 1 is 1.21 bits per heavy atom. The Hall–Kier alpha value is -0.0500. The summed E-state index contributed by atoms with van der Waals surface area (Å²) in [6, 6.07) is 0. The van der Waals surface area contributed by atoms with Gasteiger partial charge in [-0.1, -0.05) is 55.0 Å². The predicted molar refractivity (Wildman–Crippen MR) is 83.4 cm³/mol. The summed E-state index contributed by atoms with van der Waals surface area (Å²) in [5.41, 5.74) is 0. The van der Waals surface area contributed by atoms with Crippen LogP contribution in [-0.2, 0) is 4.79 Å². The number of alkyl halides is 1. The molecule has 1 N–H and O–H groups in total. The molecule has 0 aromatic carbocycles. The number of hydrogen-bond acceptors (Lipinski definition) is 1. The average Bonchev–Trinajstić information content (AvgIpc) is 2.44. The van der Waals surface area contributed by atoms with Crippen LogP contribution in [0, 0.1) is 17.8 Å². The van der Waals surface area contributed by atoms with Crippen LogP contribution in [0.2, 0.25) is 0 Å². The number of fused-ring (bicyclic) bond motifs is 1. The third-order valence-corrected chi connectivity index (χ3v) is 5.79. The van der Waals surface area contributed by atoms with E-state index in [0.29, 0.717) is 16.7 Å². The molecular formula is C16H28BrNO. The zero-order valence-electron chi connectivity index (χ0n) is 12.2. The van der Waals surface area contributed by atoms with Gasteiger partial charge in [-0.25, -0.2) is 0 Å². The maximum atomic E-state index is 12.2. The number of nitrogens with one attached hydrogen (secondary N) is 1. The lowest BCUT2D eigenvalue weighted by Gasteiger charge is -2.38. The average molecular weight is 330 g/mol. The molecule has 19 heavy (non-hydrogen) atoms. The monoisotopic (exact) mass is 329 g/mol. The van der Waals surface area contributed by atoms with Crippen molar-refractivity contribution in [3.8, 4) is 0 Å². The zero-order chi connectivity index (χ0) is 13.7. The Bertz CT molecular complexity index is 294. The van der Waals surface area contributed by atoms with Crippen LogP contribution in [0.5, 0.6) is 0 Å². The van der Waals surface area contributed by atoms with E-state index in [9.17, 15) is 4.79 Å². The molecule has 2 aliphatic carbocycles. The standard InChI is InChI=1S/C16H28BrNO/c1-2-5-15(17)11-18-16(19)14-9-8-12-6-3-4-7-13(12)10-14/h12-15H,2-11H2,1H3,(H,18,19). The fourth-order valence-corrected chi connectivity index (χ4v) is 4.50. The molecule has 2 nitrogen and oxygen atoms in total. The molecule has 0 radical (unpaired) electrons. The van der Waals surface area contributed by atoms with Crippen molar-refractivity contribution in [1.29, 1.82) is 0 Å². The van der Waals surface area contributed by atoms with E-state index in [1.165, 1.54) is 38.5 Å². The van der Waals surface area contributed by atoms with Gasteiger partial charge in [0.2, 0.25) is 5.91 Å². The van der Waals surface area contributed by atoms with Crippen molar-refractivity contribution in [1.82, 2.24) is 5.32 Å².